The number of hydrogen-bond donors (Lipinski definition) is 2. The summed E-state index contributed by atoms with van der Waals surface area (Å²) in [5.41, 5.74) is 6.35. The Morgan fingerprint density at radius 1 is 1.32 bits per heavy atom. The molecule has 1 aromatic rings. The Labute approximate surface area is 144 Å². The normalized spacial score (nSPS) is 20.8. The van der Waals surface area contributed by atoms with Crippen molar-refractivity contribution in [1.82, 2.24) is 4.90 Å². The highest BCUT2D eigenvalue weighted by atomic mass is 19.1. The van der Waals surface area contributed by atoms with E-state index in [1.165, 1.54) is 11.0 Å². The molecule has 2 heterocycles. The molecule has 2 fully saturated rings. The predicted octanol–water partition coefficient (Wildman–Crippen LogP) is -0.250. The van der Waals surface area contributed by atoms with Crippen LogP contribution in [0, 0.1) is 5.82 Å². The van der Waals surface area contributed by atoms with Crippen molar-refractivity contribution in [2.75, 3.05) is 55.7 Å². The Morgan fingerprint density at radius 3 is 2.60 bits per heavy atom. The first kappa shape index (κ1) is 17.4. The maximum atomic E-state index is 14.6. The van der Waals surface area contributed by atoms with Crippen LogP contribution in [0.15, 0.2) is 18.2 Å². The molecule has 0 aliphatic carbocycles. The van der Waals surface area contributed by atoms with E-state index in [1.807, 2.05) is 4.90 Å². The molecule has 0 aromatic heterocycles. The summed E-state index contributed by atoms with van der Waals surface area (Å²) in [6.07, 6.45) is -0.911. The van der Waals surface area contributed by atoms with Gasteiger partial charge in [-0.15, -0.1) is 0 Å². The average Bonchev–Trinajstić information content (AvgIpc) is 3.02. The molecule has 0 unspecified atom stereocenters. The van der Waals surface area contributed by atoms with Gasteiger partial charge in [0, 0.05) is 32.7 Å². The number of carbonyl (C=O) groups is 2. The number of piperazine rings is 1. The number of anilines is 2. The van der Waals surface area contributed by atoms with Crippen molar-refractivity contribution in [3.8, 4) is 0 Å². The second-order valence-electron chi connectivity index (χ2n) is 6.01. The zero-order chi connectivity index (χ0) is 18.0. The first-order valence-electron chi connectivity index (χ1n) is 8.15. The van der Waals surface area contributed by atoms with E-state index in [0.717, 1.165) is 0 Å². The van der Waals surface area contributed by atoms with Crippen LogP contribution in [0.25, 0.3) is 0 Å². The summed E-state index contributed by atoms with van der Waals surface area (Å²) in [6.45, 7) is 1.81. The number of carbonyl (C=O) groups excluding carboxylic acids is 2. The quantitative estimate of drug-likeness (QED) is 0.775. The minimum absolute atomic E-state index is 0.222. The number of nitrogens with zero attached hydrogens (tertiary/aromatic N) is 3. The summed E-state index contributed by atoms with van der Waals surface area (Å²) in [7, 11) is 0. The third-order valence-corrected chi connectivity index (χ3v) is 4.49. The summed E-state index contributed by atoms with van der Waals surface area (Å²) in [5.74, 6) is -0.763. The lowest BCUT2D eigenvalue weighted by Gasteiger charge is -2.36. The smallest absolute Gasteiger partial charge is 0.414 e. The first-order chi connectivity index (χ1) is 12.0. The van der Waals surface area contributed by atoms with Crippen LogP contribution in [0.2, 0.25) is 0 Å². The van der Waals surface area contributed by atoms with Gasteiger partial charge in [0.05, 0.1) is 17.9 Å². The molecule has 0 radical (unpaired) electrons. The number of aliphatic hydroxyl groups is 1. The van der Waals surface area contributed by atoms with E-state index in [0.29, 0.717) is 44.1 Å². The zero-order valence-corrected chi connectivity index (χ0v) is 13.7. The fourth-order valence-corrected chi connectivity index (χ4v) is 3.07. The Kier molecular flexibility index (Phi) is 5.05. The maximum absolute atomic E-state index is 14.6. The molecule has 2 amide bonds. The van der Waals surface area contributed by atoms with E-state index < -0.39 is 18.5 Å². The van der Waals surface area contributed by atoms with Crippen LogP contribution < -0.4 is 15.5 Å². The fourth-order valence-electron chi connectivity index (χ4n) is 3.07. The summed E-state index contributed by atoms with van der Waals surface area (Å²) in [6, 6.07) is 4.60. The molecule has 2 aliphatic rings. The number of nitrogens with two attached hydrogens (primary N) is 1. The van der Waals surface area contributed by atoms with Gasteiger partial charge in [-0.2, -0.15) is 0 Å². The van der Waals surface area contributed by atoms with E-state index in [2.05, 4.69) is 0 Å². The van der Waals surface area contributed by atoms with Gasteiger partial charge < -0.3 is 25.4 Å². The Morgan fingerprint density at radius 2 is 2.04 bits per heavy atom. The first-order valence-corrected chi connectivity index (χ1v) is 8.15. The van der Waals surface area contributed by atoms with Gasteiger partial charge in [-0.3, -0.25) is 9.69 Å². The van der Waals surface area contributed by atoms with Crippen molar-refractivity contribution in [2.24, 2.45) is 5.73 Å². The Bertz CT molecular complexity index is 664. The van der Waals surface area contributed by atoms with E-state index >= 15 is 0 Å². The van der Waals surface area contributed by atoms with Gasteiger partial charge in [0.1, 0.15) is 18.5 Å². The van der Waals surface area contributed by atoms with Gasteiger partial charge in [-0.05, 0) is 18.2 Å². The molecule has 136 valence electrons. The zero-order valence-electron chi connectivity index (χ0n) is 13.7. The van der Waals surface area contributed by atoms with Crippen LogP contribution in [-0.4, -0.2) is 74.0 Å². The number of rotatable bonds is 4. The molecule has 9 heteroatoms. The van der Waals surface area contributed by atoms with Crippen molar-refractivity contribution in [1.29, 1.82) is 0 Å². The molecule has 8 nitrogen and oxygen atoms in total. The van der Waals surface area contributed by atoms with E-state index in [-0.39, 0.29) is 18.6 Å². The van der Waals surface area contributed by atoms with Crippen molar-refractivity contribution in [3.63, 3.8) is 0 Å². The van der Waals surface area contributed by atoms with Crippen molar-refractivity contribution in [3.05, 3.63) is 24.0 Å². The van der Waals surface area contributed by atoms with Gasteiger partial charge in [0.15, 0.2) is 0 Å². The van der Waals surface area contributed by atoms with Crippen LogP contribution in [0.1, 0.15) is 0 Å². The minimum atomic E-state index is -0.529. The minimum Gasteiger partial charge on any atom is -0.443 e. The van der Waals surface area contributed by atoms with Crippen LogP contribution in [0.5, 0.6) is 0 Å². The third-order valence-electron chi connectivity index (χ3n) is 4.49. The molecule has 1 atom stereocenters. The molecule has 0 bridgehead atoms. The molecule has 2 aliphatic heterocycles. The molecule has 0 saturated carbocycles. The molecular formula is C16H21FN4O4. The van der Waals surface area contributed by atoms with E-state index in [9.17, 15) is 14.0 Å². The van der Waals surface area contributed by atoms with Gasteiger partial charge in [-0.25, -0.2) is 9.18 Å². The SMILES string of the molecule is NC[C@H]1CN(c2ccc(N3CCN(C(=O)CO)CC3)c(F)c2)C(=O)O1. The largest absolute Gasteiger partial charge is 0.443 e. The highest BCUT2D eigenvalue weighted by Crippen LogP contribution is 2.28. The molecule has 3 N–H and O–H groups in total. The Balaban J connectivity index is 1.69. The summed E-state index contributed by atoms with van der Waals surface area (Å²) >= 11 is 0. The van der Waals surface area contributed by atoms with E-state index in [4.69, 9.17) is 15.6 Å². The summed E-state index contributed by atoms with van der Waals surface area (Å²) in [4.78, 5) is 28.1. The lowest BCUT2D eigenvalue weighted by Crippen LogP contribution is -2.49. The highest BCUT2D eigenvalue weighted by Gasteiger charge is 2.32. The van der Waals surface area contributed by atoms with Crippen LogP contribution in [0.4, 0.5) is 20.6 Å². The van der Waals surface area contributed by atoms with Crippen LogP contribution in [0.3, 0.4) is 0 Å². The number of cyclic esters (lactones) is 1. The predicted molar refractivity (Wildman–Crippen MR) is 88.9 cm³/mol. The number of hydrogen-bond acceptors (Lipinski definition) is 6. The van der Waals surface area contributed by atoms with Gasteiger partial charge >= 0.3 is 6.09 Å². The monoisotopic (exact) mass is 352 g/mol. The topological polar surface area (TPSA) is 99.3 Å². The second kappa shape index (κ2) is 7.24. The summed E-state index contributed by atoms with van der Waals surface area (Å²) < 4.78 is 19.6. The highest BCUT2D eigenvalue weighted by molar-refractivity contribution is 5.90. The number of aliphatic hydroxyl groups excluding tert-OH is 1. The van der Waals surface area contributed by atoms with Gasteiger partial charge in [-0.1, -0.05) is 0 Å². The number of halogens is 1. The fraction of sp³-hybridized carbons (Fsp3) is 0.500. The lowest BCUT2D eigenvalue weighted by molar-refractivity contribution is -0.134. The van der Waals surface area contributed by atoms with Crippen LogP contribution in [-0.2, 0) is 9.53 Å². The molecule has 2 saturated heterocycles. The average molecular weight is 352 g/mol. The van der Waals surface area contributed by atoms with Crippen molar-refractivity contribution in [2.45, 2.75) is 6.10 Å². The molecule has 3 rings (SSSR count). The van der Waals surface area contributed by atoms with Gasteiger partial charge in [0.25, 0.3) is 0 Å². The van der Waals surface area contributed by atoms with Crippen molar-refractivity contribution >= 4 is 23.4 Å². The Hall–Kier alpha value is -2.39. The number of ether oxygens (including phenoxy) is 1. The third kappa shape index (κ3) is 3.52. The number of benzene rings is 1. The summed E-state index contributed by atoms with van der Waals surface area (Å²) in [5, 5.41) is 8.89. The van der Waals surface area contributed by atoms with Crippen molar-refractivity contribution < 1.29 is 23.8 Å². The standard InChI is InChI=1S/C16H21FN4O4/c17-13-7-11(21-9-12(8-18)25-16(21)24)1-2-14(13)19-3-5-20(6-4-19)15(23)10-22/h1-2,7,12,22H,3-6,8-10,18H2/t12-/m0/s1. The van der Waals surface area contributed by atoms with E-state index in [1.54, 1.807) is 17.0 Å². The second-order valence-corrected chi connectivity index (χ2v) is 6.01. The maximum Gasteiger partial charge on any atom is 0.414 e. The van der Waals surface area contributed by atoms with Crippen LogP contribution >= 0.6 is 0 Å². The van der Waals surface area contributed by atoms with Gasteiger partial charge in [0.2, 0.25) is 5.91 Å². The number of amides is 2. The molecular weight excluding hydrogens is 331 g/mol. The molecule has 1 aromatic carbocycles. The molecule has 25 heavy (non-hydrogen) atoms. The lowest BCUT2D eigenvalue weighted by atomic mass is 10.2. The molecule has 0 spiro atoms.